The second kappa shape index (κ2) is 11.1. The van der Waals surface area contributed by atoms with Gasteiger partial charge in [-0.25, -0.2) is 0 Å². The molecule has 1 aliphatic rings. The van der Waals surface area contributed by atoms with Crippen molar-refractivity contribution in [2.75, 3.05) is 23.9 Å². The van der Waals surface area contributed by atoms with E-state index in [1.807, 2.05) is 60.8 Å². The number of benzene rings is 2. The summed E-state index contributed by atoms with van der Waals surface area (Å²) in [6.07, 6.45) is 1.81. The molecule has 2 atom stereocenters. The average molecular weight is 591 g/mol. The minimum Gasteiger partial charge on any atom is -0.375 e. The van der Waals surface area contributed by atoms with E-state index in [0.29, 0.717) is 10.8 Å². The molecule has 2 N–H and O–H groups in total. The molecule has 0 spiro atoms. The van der Waals surface area contributed by atoms with Crippen molar-refractivity contribution in [1.82, 2.24) is 14.9 Å². The molecule has 1 fully saturated rings. The Morgan fingerprint density at radius 2 is 1.84 bits per heavy atom. The van der Waals surface area contributed by atoms with Crippen molar-refractivity contribution in [3.05, 3.63) is 106 Å². The first-order valence-electron chi connectivity index (χ1n) is 12.2. The van der Waals surface area contributed by atoms with Gasteiger partial charge < -0.3 is 24.8 Å². The van der Waals surface area contributed by atoms with Crippen LogP contribution in [0.1, 0.15) is 34.7 Å². The highest BCUT2D eigenvalue weighted by Gasteiger charge is 2.42. The molecule has 38 heavy (non-hydrogen) atoms. The van der Waals surface area contributed by atoms with E-state index in [0.717, 1.165) is 38.5 Å². The van der Waals surface area contributed by atoms with Crippen LogP contribution in [-0.4, -0.2) is 34.3 Å². The summed E-state index contributed by atoms with van der Waals surface area (Å²) in [6, 6.07) is 23.8. The van der Waals surface area contributed by atoms with Crippen molar-refractivity contribution >= 4 is 50.5 Å². The summed E-state index contributed by atoms with van der Waals surface area (Å²) < 4.78 is 8.21. The third kappa shape index (κ3) is 4.97. The predicted molar refractivity (Wildman–Crippen MR) is 158 cm³/mol. The van der Waals surface area contributed by atoms with Gasteiger partial charge in [0.05, 0.1) is 23.5 Å². The first-order valence-corrected chi connectivity index (χ1v) is 13.4. The Labute approximate surface area is 236 Å². The summed E-state index contributed by atoms with van der Waals surface area (Å²) in [6.45, 7) is 4.27. The van der Waals surface area contributed by atoms with Gasteiger partial charge >= 0.3 is 0 Å². The number of nitrogens with zero attached hydrogens (tertiary/aromatic N) is 3. The Bertz CT molecular complexity index is 1470. The number of hydrogen-bond acceptors (Lipinski definition) is 4. The molecular weight excluding hydrogens is 562 g/mol. The van der Waals surface area contributed by atoms with Crippen LogP contribution in [0.4, 0.5) is 11.4 Å². The van der Waals surface area contributed by atoms with Gasteiger partial charge in [0.15, 0.2) is 5.11 Å². The highest BCUT2D eigenvalue weighted by atomic mass is 79.9. The number of thiocarbonyl (C=S) groups is 1. The maximum Gasteiger partial charge on any atom is 0.250 e. The number of hydrogen-bond donors (Lipinski definition) is 2. The Balaban J connectivity index is 1.59. The van der Waals surface area contributed by atoms with E-state index < -0.39 is 0 Å². The van der Waals surface area contributed by atoms with Gasteiger partial charge in [-0.1, -0.05) is 18.2 Å². The van der Waals surface area contributed by atoms with Gasteiger partial charge in [0.1, 0.15) is 6.61 Å². The lowest BCUT2D eigenvalue weighted by Crippen LogP contribution is -2.29. The molecule has 2 aromatic heterocycles. The molecule has 0 bridgehead atoms. The summed E-state index contributed by atoms with van der Waals surface area (Å²) in [4.78, 5) is 18.8. The number of carbonyl (C=O) groups excluding carboxylic acids is 1. The summed E-state index contributed by atoms with van der Waals surface area (Å²) in [7, 11) is 1.50. The van der Waals surface area contributed by atoms with Crippen LogP contribution >= 0.6 is 28.1 Å². The molecule has 0 aliphatic carbocycles. The number of para-hydroxylation sites is 1. The number of halogens is 1. The Kier molecular flexibility index (Phi) is 7.60. The Morgan fingerprint density at radius 3 is 2.53 bits per heavy atom. The summed E-state index contributed by atoms with van der Waals surface area (Å²) in [5.41, 5.74) is 7.01. The quantitative estimate of drug-likeness (QED) is 0.257. The normalized spacial score (nSPS) is 16.9. The number of nitrogens with one attached hydrogen (secondary N) is 2. The summed E-state index contributed by atoms with van der Waals surface area (Å²) >= 11 is 9.62. The number of methoxy groups -OCH3 is 1. The van der Waals surface area contributed by atoms with E-state index in [2.05, 4.69) is 73.1 Å². The van der Waals surface area contributed by atoms with Crippen LogP contribution in [-0.2, 0) is 9.53 Å². The van der Waals surface area contributed by atoms with Crippen molar-refractivity contribution in [2.24, 2.45) is 0 Å². The molecule has 0 unspecified atom stereocenters. The lowest BCUT2D eigenvalue weighted by molar-refractivity contribution is -0.119. The fourth-order valence-corrected chi connectivity index (χ4v) is 5.88. The molecule has 1 saturated heterocycles. The monoisotopic (exact) mass is 589 g/mol. The second-order valence-electron chi connectivity index (χ2n) is 9.14. The van der Waals surface area contributed by atoms with Crippen LogP contribution in [0.3, 0.4) is 0 Å². The number of aryl methyl sites for hydroxylation is 1. The van der Waals surface area contributed by atoms with E-state index in [1.165, 1.54) is 7.11 Å². The van der Waals surface area contributed by atoms with Crippen molar-refractivity contribution in [3.8, 4) is 5.69 Å². The lowest BCUT2D eigenvalue weighted by atomic mass is 9.96. The first-order chi connectivity index (χ1) is 18.4. The van der Waals surface area contributed by atoms with Crippen LogP contribution in [0.2, 0.25) is 0 Å². The minimum atomic E-state index is -0.203. The maximum absolute atomic E-state index is 12.0. The van der Waals surface area contributed by atoms with E-state index in [-0.39, 0.29) is 24.6 Å². The summed E-state index contributed by atoms with van der Waals surface area (Å²) in [5, 5.41) is 6.99. The summed E-state index contributed by atoms with van der Waals surface area (Å²) in [5.74, 6) is -0.203. The average Bonchev–Trinajstić information content (AvgIpc) is 3.40. The smallest absolute Gasteiger partial charge is 0.250 e. The molecule has 5 rings (SSSR count). The fraction of sp³-hybridized carbons (Fsp3) is 0.207. The predicted octanol–water partition coefficient (Wildman–Crippen LogP) is 6.01. The molecule has 1 amide bonds. The van der Waals surface area contributed by atoms with Gasteiger partial charge in [-0.3, -0.25) is 9.78 Å². The van der Waals surface area contributed by atoms with Gasteiger partial charge in [0.25, 0.3) is 0 Å². The highest BCUT2D eigenvalue weighted by Crippen LogP contribution is 2.44. The Hall–Kier alpha value is -3.53. The van der Waals surface area contributed by atoms with Gasteiger partial charge in [0, 0.05) is 40.5 Å². The van der Waals surface area contributed by atoms with Gasteiger partial charge in [0.2, 0.25) is 5.91 Å². The number of pyridine rings is 1. The highest BCUT2D eigenvalue weighted by molar-refractivity contribution is 9.10. The fourth-order valence-electron chi connectivity index (χ4n) is 5.07. The number of carbonyl (C=O) groups is 1. The molecule has 7 nitrogen and oxygen atoms in total. The molecule has 9 heteroatoms. The number of rotatable bonds is 7. The molecule has 0 saturated carbocycles. The zero-order valence-corrected chi connectivity index (χ0v) is 23.7. The third-order valence-corrected chi connectivity index (χ3v) is 7.67. The third-order valence-electron chi connectivity index (χ3n) is 6.69. The van der Waals surface area contributed by atoms with Crippen molar-refractivity contribution in [1.29, 1.82) is 0 Å². The van der Waals surface area contributed by atoms with Crippen LogP contribution in [0, 0.1) is 13.8 Å². The topological polar surface area (TPSA) is 71.4 Å². The minimum absolute atomic E-state index is 0.00284. The van der Waals surface area contributed by atoms with Crippen LogP contribution in [0.25, 0.3) is 5.69 Å². The van der Waals surface area contributed by atoms with E-state index in [1.54, 1.807) is 0 Å². The number of anilines is 2. The molecule has 0 radical (unpaired) electrons. The Morgan fingerprint density at radius 1 is 1.11 bits per heavy atom. The molecule has 4 aromatic rings. The first kappa shape index (κ1) is 26.1. The van der Waals surface area contributed by atoms with E-state index in [9.17, 15) is 4.79 Å². The van der Waals surface area contributed by atoms with Gasteiger partial charge in [-0.2, -0.15) is 0 Å². The molecule has 2 aromatic carbocycles. The number of amides is 1. The van der Waals surface area contributed by atoms with Crippen molar-refractivity contribution < 1.29 is 9.53 Å². The van der Waals surface area contributed by atoms with Gasteiger partial charge in [-0.05, 0) is 102 Å². The second-order valence-corrected chi connectivity index (χ2v) is 10.4. The zero-order chi connectivity index (χ0) is 26.8. The zero-order valence-electron chi connectivity index (χ0n) is 21.3. The molecule has 1 aliphatic heterocycles. The van der Waals surface area contributed by atoms with Gasteiger partial charge in [-0.15, -0.1) is 0 Å². The van der Waals surface area contributed by atoms with Crippen LogP contribution < -0.4 is 15.5 Å². The van der Waals surface area contributed by atoms with Crippen LogP contribution in [0.15, 0.2) is 83.5 Å². The standard InChI is InChI=1S/C29H28BrN5O2S/c1-18-16-22(19(2)34(18)25-10-5-4-8-23(25)30)28-27(24-9-6-7-15-31-24)33-29(38)35(28)21-13-11-20(12-14-21)32-26(36)17-37-3/h4-16,27-28H,17H2,1-3H3,(H,32,36)(H,33,38)/t27-,28+/m0/s1. The van der Waals surface area contributed by atoms with E-state index in [4.69, 9.17) is 17.0 Å². The van der Waals surface area contributed by atoms with Crippen molar-refractivity contribution in [3.63, 3.8) is 0 Å². The molecule has 194 valence electrons. The largest absolute Gasteiger partial charge is 0.375 e. The number of ether oxygens (including phenoxy) is 1. The lowest BCUT2D eigenvalue weighted by Gasteiger charge is -2.28. The number of aromatic nitrogens is 2. The molecular formula is C29H28BrN5O2S. The van der Waals surface area contributed by atoms with Crippen molar-refractivity contribution in [2.45, 2.75) is 25.9 Å². The molecule has 3 heterocycles. The maximum atomic E-state index is 12.0. The SMILES string of the molecule is COCC(=O)Nc1ccc(N2C(=S)N[C@@H](c3ccccn3)[C@H]2c2cc(C)n(-c3ccccc3Br)c2C)cc1. The van der Waals surface area contributed by atoms with E-state index >= 15 is 0 Å². The van der Waals surface area contributed by atoms with Crippen LogP contribution in [0.5, 0.6) is 0 Å².